The number of benzene rings is 4. The summed E-state index contributed by atoms with van der Waals surface area (Å²) >= 11 is 6.45. The minimum Gasteiger partial charge on any atom is -0.478 e. The fourth-order valence-corrected chi connectivity index (χ4v) is 7.20. The normalized spacial score (nSPS) is 11.8. The zero-order chi connectivity index (χ0) is 34.3. The number of halogens is 6. The lowest BCUT2D eigenvalue weighted by Crippen LogP contribution is -2.14. The van der Waals surface area contributed by atoms with Gasteiger partial charge in [-0.1, -0.05) is 48.0 Å². The summed E-state index contributed by atoms with van der Waals surface area (Å²) in [5.74, 6) is -2.42. The van der Waals surface area contributed by atoms with Crippen LogP contribution >= 0.6 is 11.6 Å². The van der Waals surface area contributed by atoms with Crippen molar-refractivity contribution < 1.29 is 45.0 Å². The molecular weight excluding hydrogens is 679 g/mol. The van der Waals surface area contributed by atoms with Crippen LogP contribution in [0.5, 0.6) is 5.75 Å². The first kappa shape index (κ1) is 32.7. The standard InChI is InChI=1S/C34H20ClF5N2O5S/c35-26-16-21(33(43)44)8-12-24(26)19-3-1-4-20(15-19)31-29(30-28(47-34(39)40)5-2-14-41-30)25-17-22(36)9-13-27(25)42(31)48(45,46)23-10-6-18(7-11-23)32(37)38/h1-17,32,34H,(H,43,44). The Bertz CT molecular complexity index is 2310. The number of carboxylic acid groups (broad SMARTS) is 1. The SMILES string of the molecule is O=C(O)c1ccc(-c2cccc(-c3c(-c4ncccc4OC(F)F)c4cc(F)ccc4n3S(=O)(=O)c3ccc(C(F)F)cc3)c2)c(Cl)c1. The maximum absolute atomic E-state index is 14.9. The van der Waals surface area contributed by atoms with Gasteiger partial charge >= 0.3 is 12.6 Å². The molecule has 0 spiro atoms. The van der Waals surface area contributed by atoms with Gasteiger partial charge in [0.2, 0.25) is 0 Å². The van der Waals surface area contributed by atoms with Crippen LogP contribution in [0.3, 0.4) is 0 Å². The van der Waals surface area contributed by atoms with Crippen LogP contribution in [-0.2, 0) is 10.0 Å². The number of aromatic nitrogens is 2. The number of carboxylic acids is 1. The van der Waals surface area contributed by atoms with E-state index in [4.69, 9.17) is 16.3 Å². The predicted molar refractivity (Wildman–Crippen MR) is 169 cm³/mol. The molecule has 0 radical (unpaired) electrons. The molecule has 0 unspecified atom stereocenters. The van der Waals surface area contributed by atoms with Gasteiger partial charge in [0.15, 0.2) is 5.75 Å². The third-order valence-corrected chi connectivity index (χ3v) is 9.48. The van der Waals surface area contributed by atoms with Crippen LogP contribution in [0.25, 0.3) is 44.5 Å². The van der Waals surface area contributed by atoms with E-state index < -0.39 is 51.1 Å². The second-order valence-electron chi connectivity index (χ2n) is 10.3. The van der Waals surface area contributed by atoms with E-state index in [0.717, 1.165) is 40.4 Å². The Morgan fingerprint density at radius 1 is 0.875 bits per heavy atom. The lowest BCUT2D eigenvalue weighted by Gasteiger charge is -2.16. The molecule has 6 rings (SSSR count). The van der Waals surface area contributed by atoms with Crippen LogP contribution in [-0.4, -0.2) is 35.1 Å². The zero-order valence-corrected chi connectivity index (χ0v) is 25.7. The van der Waals surface area contributed by atoms with Gasteiger partial charge in [-0.15, -0.1) is 0 Å². The van der Waals surface area contributed by atoms with Gasteiger partial charge in [0.1, 0.15) is 11.5 Å². The van der Waals surface area contributed by atoms with E-state index in [1.54, 1.807) is 12.1 Å². The van der Waals surface area contributed by atoms with Crippen molar-refractivity contribution in [2.75, 3.05) is 0 Å². The van der Waals surface area contributed by atoms with Gasteiger partial charge in [-0.25, -0.2) is 30.4 Å². The van der Waals surface area contributed by atoms with Crippen molar-refractivity contribution in [3.8, 4) is 39.4 Å². The van der Waals surface area contributed by atoms with E-state index in [0.29, 0.717) is 11.1 Å². The molecule has 0 fully saturated rings. The largest absolute Gasteiger partial charge is 0.478 e. The van der Waals surface area contributed by atoms with Gasteiger partial charge in [0.05, 0.1) is 21.7 Å². The summed E-state index contributed by atoms with van der Waals surface area (Å²) in [4.78, 5) is 15.3. The molecule has 2 heterocycles. The first-order valence-corrected chi connectivity index (χ1v) is 15.7. The van der Waals surface area contributed by atoms with Gasteiger partial charge in [0, 0.05) is 38.9 Å². The number of carbonyl (C=O) groups is 1. The number of ether oxygens (including phenoxy) is 1. The van der Waals surface area contributed by atoms with Crippen molar-refractivity contribution in [3.63, 3.8) is 0 Å². The fraction of sp³-hybridized carbons (Fsp3) is 0.0588. The molecule has 7 nitrogen and oxygen atoms in total. The molecule has 0 saturated heterocycles. The Labute approximate surface area is 274 Å². The number of hydrogen-bond acceptors (Lipinski definition) is 5. The summed E-state index contributed by atoms with van der Waals surface area (Å²) in [5.41, 5.74) is -0.0914. The first-order chi connectivity index (χ1) is 22.9. The van der Waals surface area contributed by atoms with Gasteiger partial charge in [-0.05, 0) is 66.2 Å². The maximum atomic E-state index is 14.9. The third kappa shape index (κ3) is 5.98. The number of aromatic carboxylic acids is 1. The number of alkyl halides is 4. The van der Waals surface area contributed by atoms with Gasteiger partial charge in [0.25, 0.3) is 16.4 Å². The van der Waals surface area contributed by atoms with Crippen LogP contribution in [0.4, 0.5) is 22.0 Å². The smallest absolute Gasteiger partial charge is 0.387 e. The highest BCUT2D eigenvalue weighted by molar-refractivity contribution is 7.90. The Morgan fingerprint density at radius 3 is 2.27 bits per heavy atom. The summed E-state index contributed by atoms with van der Waals surface area (Å²) in [7, 11) is -4.68. The summed E-state index contributed by atoms with van der Waals surface area (Å²) in [6.45, 7) is -3.29. The van der Waals surface area contributed by atoms with E-state index >= 15 is 0 Å². The number of pyridine rings is 1. The second kappa shape index (κ2) is 12.7. The van der Waals surface area contributed by atoms with Crippen LogP contribution < -0.4 is 4.74 Å². The van der Waals surface area contributed by atoms with Crippen molar-refractivity contribution in [3.05, 3.63) is 125 Å². The molecule has 244 valence electrons. The number of fused-ring (bicyclic) bond motifs is 1. The number of hydrogen-bond donors (Lipinski definition) is 1. The van der Waals surface area contributed by atoms with Crippen molar-refractivity contribution >= 4 is 38.5 Å². The lowest BCUT2D eigenvalue weighted by atomic mass is 9.97. The average molecular weight is 699 g/mol. The van der Waals surface area contributed by atoms with Crippen molar-refractivity contribution in [1.82, 2.24) is 8.96 Å². The van der Waals surface area contributed by atoms with Crippen LogP contribution in [0.15, 0.2) is 108 Å². The Kier molecular flexibility index (Phi) is 8.67. The van der Waals surface area contributed by atoms with Crippen LogP contribution in [0.2, 0.25) is 5.02 Å². The molecule has 0 bridgehead atoms. The van der Waals surface area contributed by atoms with E-state index in [1.807, 2.05) is 0 Å². The average Bonchev–Trinajstić information content (AvgIpc) is 3.39. The summed E-state index contributed by atoms with van der Waals surface area (Å²) in [5, 5.41) is 9.40. The van der Waals surface area contributed by atoms with Gasteiger partial charge in [-0.2, -0.15) is 8.78 Å². The Hall–Kier alpha value is -5.27. The first-order valence-electron chi connectivity index (χ1n) is 13.9. The molecule has 0 aliphatic heterocycles. The van der Waals surface area contributed by atoms with E-state index in [9.17, 15) is 40.3 Å². The number of rotatable bonds is 9. The quantitative estimate of drug-likeness (QED) is 0.151. The van der Waals surface area contributed by atoms with Crippen molar-refractivity contribution in [2.24, 2.45) is 0 Å². The number of nitrogens with zero attached hydrogens (tertiary/aromatic N) is 2. The molecular formula is C34H20ClF5N2O5S. The Balaban J connectivity index is 1.71. The van der Waals surface area contributed by atoms with E-state index in [1.165, 1.54) is 54.7 Å². The molecule has 2 aromatic heterocycles. The summed E-state index contributed by atoms with van der Waals surface area (Å²) in [6.07, 6.45) is -1.60. The zero-order valence-electron chi connectivity index (χ0n) is 24.1. The fourth-order valence-electron chi connectivity index (χ4n) is 5.36. The molecule has 0 aliphatic carbocycles. The highest BCUT2D eigenvalue weighted by Crippen LogP contribution is 2.46. The minimum absolute atomic E-state index is 0.0372. The topological polar surface area (TPSA) is 98.5 Å². The minimum atomic E-state index is -4.68. The summed E-state index contributed by atoms with van der Waals surface area (Å²) < 4.78 is 103. The highest BCUT2D eigenvalue weighted by Gasteiger charge is 2.31. The molecule has 6 aromatic rings. The van der Waals surface area contributed by atoms with Crippen LogP contribution in [0.1, 0.15) is 22.3 Å². The second-order valence-corrected chi connectivity index (χ2v) is 12.5. The maximum Gasteiger partial charge on any atom is 0.387 e. The lowest BCUT2D eigenvalue weighted by molar-refractivity contribution is -0.0496. The van der Waals surface area contributed by atoms with E-state index in [2.05, 4.69) is 4.98 Å². The Morgan fingerprint density at radius 2 is 1.60 bits per heavy atom. The van der Waals surface area contributed by atoms with E-state index in [-0.39, 0.29) is 44.0 Å². The molecule has 0 aliphatic rings. The van der Waals surface area contributed by atoms with Gasteiger partial charge in [-0.3, -0.25) is 4.98 Å². The van der Waals surface area contributed by atoms with Crippen molar-refractivity contribution in [2.45, 2.75) is 17.9 Å². The molecule has 48 heavy (non-hydrogen) atoms. The monoisotopic (exact) mass is 698 g/mol. The predicted octanol–water partition coefficient (Wildman–Crippen LogP) is 9.30. The van der Waals surface area contributed by atoms with Crippen LogP contribution in [0, 0.1) is 5.82 Å². The van der Waals surface area contributed by atoms with Crippen molar-refractivity contribution in [1.29, 1.82) is 0 Å². The summed E-state index contributed by atoms with van der Waals surface area (Å²) in [6, 6.07) is 19.9. The molecule has 14 heteroatoms. The highest BCUT2D eigenvalue weighted by atomic mass is 35.5. The molecule has 0 amide bonds. The van der Waals surface area contributed by atoms with Gasteiger partial charge < -0.3 is 9.84 Å². The molecule has 4 aromatic carbocycles. The molecule has 0 atom stereocenters. The third-order valence-electron chi connectivity index (χ3n) is 7.44. The molecule has 1 N–H and O–H groups in total. The molecule has 0 saturated carbocycles.